The second kappa shape index (κ2) is 12.6. The minimum atomic E-state index is -0.628. The van der Waals surface area contributed by atoms with Crippen molar-refractivity contribution in [2.24, 2.45) is 5.73 Å². The van der Waals surface area contributed by atoms with E-state index in [1.165, 1.54) is 11.8 Å². The molecule has 3 fully saturated rings. The van der Waals surface area contributed by atoms with E-state index in [1.54, 1.807) is 4.90 Å². The molecule has 0 unspecified atom stereocenters. The summed E-state index contributed by atoms with van der Waals surface area (Å²) >= 11 is 0. The Hall–Kier alpha value is -3.70. The summed E-state index contributed by atoms with van der Waals surface area (Å²) in [4.78, 5) is 42.7. The van der Waals surface area contributed by atoms with Gasteiger partial charge in [0.05, 0.1) is 5.69 Å². The fraction of sp³-hybridized carbons (Fsp3) is 0.517. The molecule has 0 spiro atoms. The van der Waals surface area contributed by atoms with E-state index in [9.17, 15) is 9.59 Å². The van der Waals surface area contributed by atoms with E-state index in [4.69, 9.17) is 15.5 Å². The van der Waals surface area contributed by atoms with Crippen LogP contribution in [0, 0.1) is 0 Å². The quantitative estimate of drug-likeness (QED) is 0.478. The summed E-state index contributed by atoms with van der Waals surface area (Å²) in [6.45, 7) is 13.8. The molecule has 3 aliphatic rings. The van der Waals surface area contributed by atoms with Crippen molar-refractivity contribution < 1.29 is 14.3 Å². The molecular weight excluding hydrogens is 508 g/mol. The van der Waals surface area contributed by atoms with Gasteiger partial charge in [-0.3, -0.25) is 14.5 Å². The molecule has 1 aromatic carbocycles. The lowest BCUT2D eigenvalue weighted by Gasteiger charge is -2.41. The lowest BCUT2D eigenvalue weighted by molar-refractivity contribution is -0.126. The molecule has 214 valence electrons. The van der Waals surface area contributed by atoms with Gasteiger partial charge in [0.25, 0.3) is 5.91 Å². The van der Waals surface area contributed by atoms with Crippen molar-refractivity contribution in [1.82, 2.24) is 19.8 Å². The van der Waals surface area contributed by atoms with Crippen LogP contribution in [0.3, 0.4) is 0 Å². The Morgan fingerprint density at radius 1 is 1.00 bits per heavy atom. The molecule has 2 aromatic rings. The van der Waals surface area contributed by atoms with E-state index < -0.39 is 5.91 Å². The first-order valence-electron chi connectivity index (χ1n) is 14.3. The van der Waals surface area contributed by atoms with Crippen LogP contribution in [-0.2, 0) is 16.0 Å². The largest absolute Gasteiger partial charge is 0.381 e. The molecular formula is C29H40N8O3. The maximum Gasteiger partial charge on any atom is 0.271 e. The van der Waals surface area contributed by atoms with Gasteiger partial charge in [0.2, 0.25) is 5.91 Å². The van der Waals surface area contributed by atoms with Gasteiger partial charge in [-0.25, -0.2) is 9.97 Å². The maximum atomic E-state index is 12.3. The molecule has 0 radical (unpaired) electrons. The highest BCUT2D eigenvalue weighted by atomic mass is 16.5. The maximum absolute atomic E-state index is 12.3. The molecule has 0 atom stereocenters. The Balaban J connectivity index is 1.27. The standard InChI is InChI=1S/C29H40N8O3/c1-3-24-29(37-17-15-36(16-18-37)25(38)4-2)33-28(26(32-24)27(30)39)31-21-5-7-22(8-6-21)34-11-13-35(14-12-34)23-9-19-40-20-10-23/h4-8,23H,2-3,9-20H2,1H3,(H2,30,39)(H,31,33). The topological polar surface area (TPSA) is 120 Å². The van der Waals surface area contributed by atoms with Crippen LogP contribution >= 0.6 is 0 Å². The summed E-state index contributed by atoms with van der Waals surface area (Å²) in [6, 6.07) is 8.84. The molecule has 0 bridgehead atoms. The number of carbonyl (C=O) groups excluding carboxylic acids is 2. The molecule has 40 heavy (non-hydrogen) atoms. The van der Waals surface area contributed by atoms with Gasteiger partial charge in [-0.15, -0.1) is 0 Å². The van der Waals surface area contributed by atoms with E-state index in [0.29, 0.717) is 56.0 Å². The molecule has 4 heterocycles. The number of hydrogen-bond donors (Lipinski definition) is 2. The lowest BCUT2D eigenvalue weighted by atomic mass is 10.1. The Morgan fingerprint density at radius 3 is 2.25 bits per heavy atom. The zero-order chi connectivity index (χ0) is 28.1. The van der Waals surface area contributed by atoms with Crippen molar-refractivity contribution >= 4 is 34.8 Å². The van der Waals surface area contributed by atoms with Crippen molar-refractivity contribution in [3.63, 3.8) is 0 Å². The summed E-state index contributed by atoms with van der Waals surface area (Å²) in [6.07, 6.45) is 4.20. The number of hydrogen-bond acceptors (Lipinski definition) is 9. The minimum absolute atomic E-state index is 0.0717. The van der Waals surface area contributed by atoms with Crippen molar-refractivity contribution in [2.45, 2.75) is 32.2 Å². The Morgan fingerprint density at radius 2 is 1.65 bits per heavy atom. The third kappa shape index (κ3) is 6.20. The number of primary amides is 1. The number of ether oxygens (including phenoxy) is 1. The number of benzene rings is 1. The van der Waals surface area contributed by atoms with Gasteiger partial charge < -0.3 is 30.5 Å². The van der Waals surface area contributed by atoms with Crippen LogP contribution in [0.5, 0.6) is 0 Å². The van der Waals surface area contributed by atoms with Gasteiger partial charge in [-0.2, -0.15) is 0 Å². The predicted molar refractivity (Wildman–Crippen MR) is 156 cm³/mol. The SMILES string of the molecule is C=CC(=O)N1CCN(c2nc(Nc3ccc(N4CCN(C5CCOCC5)CC4)cc3)c(C(N)=O)nc2CC)CC1. The van der Waals surface area contributed by atoms with E-state index >= 15 is 0 Å². The molecule has 2 amide bonds. The van der Waals surface area contributed by atoms with Crippen molar-refractivity contribution in [2.75, 3.05) is 80.7 Å². The van der Waals surface area contributed by atoms with Gasteiger partial charge in [-0.05, 0) is 49.6 Å². The summed E-state index contributed by atoms with van der Waals surface area (Å²) in [7, 11) is 0. The van der Waals surface area contributed by atoms with E-state index in [-0.39, 0.29) is 11.6 Å². The Labute approximate surface area is 236 Å². The summed E-state index contributed by atoms with van der Waals surface area (Å²) in [5.41, 5.74) is 8.51. The van der Waals surface area contributed by atoms with Gasteiger partial charge in [0.1, 0.15) is 0 Å². The molecule has 5 rings (SSSR count). The van der Waals surface area contributed by atoms with Gasteiger partial charge in [-0.1, -0.05) is 13.5 Å². The number of carbonyl (C=O) groups is 2. The Kier molecular flexibility index (Phi) is 8.81. The highest BCUT2D eigenvalue weighted by molar-refractivity contribution is 5.96. The number of anilines is 4. The van der Waals surface area contributed by atoms with Crippen molar-refractivity contribution in [3.8, 4) is 0 Å². The van der Waals surface area contributed by atoms with Crippen molar-refractivity contribution in [1.29, 1.82) is 0 Å². The number of nitrogens with zero attached hydrogens (tertiary/aromatic N) is 6. The third-order valence-electron chi connectivity index (χ3n) is 8.10. The number of amides is 2. The van der Waals surface area contributed by atoms with Crippen molar-refractivity contribution in [3.05, 3.63) is 48.3 Å². The van der Waals surface area contributed by atoms with Crippen LogP contribution in [0.1, 0.15) is 35.9 Å². The highest BCUT2D eigenvalue weighted by Gasteiger charge is 2.27. The molecule has 11 nitrogen and oxygen atoms in total. The molecule has 3 aliphatic heterocycles. The zero-order valence-corrected chi connectivity index (χ0v) is 23.3. The van der Waals surface area contributed by atoms with Gasteiger partial charge >= 0.3 is 0 Å². The molecule has 0 saturated carbocycles. The average Bonchev–Trinajstić information content (AvgIpc) is 3.01. The summed E-state index contributed by atoms with van der Waals surface area (Å²) in [5.74, 6) is 0.344. The second-order valence-electron chi connectivity index (χ2n) is 10.5. The molecule has 3 saturated heterocycles. The molecule has 0 aliphatic carbocycles. The number of rotatable bonds is 8. The monoisotopic (exact) mass is 548 g/mol. The van der Waals surface area contributed by atoms with Crippen LogP contribution in [-0.4, -0.2) is 103 Å². The zero-order valence-electron chi connectivity index (χ0n) is 23.3. The number of nitrogens with two attached hydrogens (primary N) is 1. The van der Waals surface area contributed by atoms with Crippen LogP contribution in [0.25, 0.3) is 0 Å². The first-order valence-corrected chi connectivity index (χ1v) is 14.3. The number of piperazine rings is 2. The fourth-order valence-corrected chi connectivity index (χ4v) is 5.77. The first-order chi connectivity index (χ1) is 19.5. The third-order valence-corrected chi connectivity index (χ3v) is 8.10. The van der Waals surface area contributed by atoms with E-state index in [1.807, 2.05) is 19.1 Å². The summed E-state index contributed by atoms with van der Waals surface area (Å²) < 4.78 is 5.52. The van der Waals surface area contributed by atoms with E-state index in [2.05, 4.69) is 43.7 Å². The van der Waals surface area contributed by atoms with E-state index in [0.717, 1.165) is 57.9 Å². The second-order valence-corrected chi connectivity index (χ2v) is 10.5. The van der Waals surface area contributed by atoms with Crippen LogP contribution in [0.2, 0.25) is 0 Å². The smallest absolute Gasteiger partial charge is 0.271 e. The number of aromatic nitrogens is 2. The lowest BCUT2D eigenvalue weighted by Crippen LogP contribution is -2.51. The average molecular weight is 549 g/mol. The highest BCUT2D eigenvalue weighted by Crippen LogP contribution is 2.28. The fourth-order valence-electron chi connectivity index (χ4n) is 5.77. The first kappa shape index (κ1) is 27.9. The number of nitrogens with one attached hydrogen (secondary N) is 1. The van der Waals surface area contributed by atoms with Crippen LogP contribution in [0.4, 0.5) is 23.0 Å². The van der Waals surface area contributed by atoms with Gasteiger partial charge in [0.15, 0.2) is 17.3 Å². The Bertz CT molecular complexity index is 1200. The number of aryl methyl sites for hydroxylation is 1. The normalized spacial score (nSPS) is 19.0. The van der Waals surface area contributed by atoms with Crippen LogP contribution in [0.15, 0.2) is 36.9 Å². The molecule has 3 N–H and O–H groups in total. The van der Waals surface area contributed by atoms with Crippen LogP contribution < -0.4 is 20.9 Å². The summed E-state index contributed by atoms with van der Waals surface area (Å²) in [5, 5.41) is 3.28. The predicted octanol–water partition coefficient (Wildman–Crippen LogP) is 2.02. The van der Waals surface area contributed by atoms with Gasteiger partial charge in [0, 0.05) is 83.0 Å². The molecule has 11 heteroatoms. The minimum Gasteiger partial charge on any atom is -0.381 e. The molecule has 1 aromatic heterocycles.